The maximum Gasteiger partial charge on any atom is 0.143 e. The van der Waals surface area contributed by atoms with Crippen LogP contribution in [0.15, 0.2) is 18.2 Å². The molecule has 1 atom stereocenters. The molecule has 0 saturated heterocycles. The molecule has 0 aromatic heterocycles. The van der Waals surface area contributed by atoms with Gasteiger partial charge in [0.2, 0.25) is 0 Å². The first-order chi connectivity index (χ1) is 7.01. The SMILES string of the molecule is Cc1ccc2c(c1)OC(C)(C(C)C)CN2. The van der Waals surface area contributed by atoms with Crippen LogP contribution in [0.25, 0.3) is 0 Å². The van der Waals surface area contributed by atoms with Crippen LogP contribution in [0.1, 0.15) is 26.3 Å². The van der Waals surface area contributed by atoms with Gasteiger partial charge in [0.1, 0.15) is 11.4 Å². The summed E-state index contributed by atoms with van der Waals surface area (Å²) in [5.41, 5.74) is 2.25. The first kappa shape index (κ1) is 10.3. The molecule has 0 radical (unpaired) electrons. The summed E-state index contributed by atoms with van der Waals surface area (Å²) < 4.78 is 6.10. The molecule has 15 heavy (non-hydrogen) atoms. The number of fused-ring (bicyclic) bond motifs is 1. The van der Waals surface area contributed by atoms with Crippen LogP contribution < -0.4 is 10.1 Å². The summed E-state index contributed by atoms with van der Waals surface area (Å²) in [5.74, 6) is 1.48. The molecule has 1 aromatic carbocycles. The monoisotopic (exact) mass is 205 g/mol. The van der Waals surface area contributed by atoms with E-state index in [1.54, 1.807) is 0 Å². The Morgan fingerprint density at radius 2 is 2.13 bits per heavy atom. The van der Waals surface area contributed by atoms with Crippen LogP contribution in [0.4, 0.5) is 5.69 Å². The third-order valence-electron chi connectivity index (χ3n) is 3.33. The van der Waals surface area contributed by atoms with Crippen LogP contribution in [0.2, 0.25) is 0 Å². The van der Waals surface area contributed by atoms with E-state index < -0.39 is 0 Å². The molecule has 1 aliphatic rings. The smallest absolute Gasteiger partial charge is 0.143 e. The zero-order valence-corrected chi connectivity index (χ0v) is 9.92. The van der Waals surface area contributed by atoms with Crippen molar-refractivity contribution < 1.29 is 4.74 Å². The molecule has 1 N–H and O–H groups in total. The second-order valence-corrected chi connectivity index (χ2v) is 4.92. The van der Waals surface area contributed by atoms with Gasteiger partial charge in [0, 0.05) is 0 Å². The summed E-state index contributed by atoms with van der Waals surface area (Å²) in [4.78, 5) is 0. The van der Waals surface area contributed by atoms with E-state index in [2.05, 4.69) is 51.2 Å². The van der Waals surface area contributed by atoms with Crippen molar-refractivity contribution >= 4 is 5.69 Å². The average molecular weight is 205 g/mol. The van der Waals surface area contributed by atoms with E-state index in [4.69, 9.17) is 4.74 Å². The Morgan fingerprint density at radius 1 is 1.40 bits per heavy atom. The van der Waals surface area contributed by atoms with Gasteiger partial charge in [0.05, 0.1) is 12.2 Å². The summed E-state index contributed by atoms with van der Waals surface area (Å²) in [7, 11) is 0. The number of benzene rings is 1. The van der Waals surface area contributed by atoms with Crippen molar-refractivity contribution in [1.29, 1.82) is 0 Å². The van der Waals surface area contributed by atoms with Gasteiger partial charge in [-0.1, -0.05) is 19.9 Å². The van der Waals surface area contributed by atoms with Gasteiger partial charge < -0.3 is 10.1 Å². The van der Waals surface area contributed by atoms with Crippen LogP contribution in [0.3, 0.4) is 0 Å². The maximum atomic E-state index is 6.10. The van der Waals surface area contributed by atoms with E-state index in [-0.39, 0.29) is 5.60 Å². The zero-order valence-electron chi connectivity index (χ0n) is 9.92. The Balaban J connectivity index is 2.33. The highest BCUT2D eigenvalue weighted by Gasteiger charge is 2.34. The van der Waals surface area contributed by atoms with Gasteiger partial charge in [-0.3, -0.25) is 0 Å². The molecule has 0 spiro atoms. The lowest BCUT2D eigenvalue weighted by Crippen LogP contribution is -2.47. The second-order valence-electron chi connectivity index (χ2n) is 4.92. The van der Waals surface area contributed by atoms with Crippen LogP contribution in [0.5, 0.6) is 5.75 Å². The van der Waals surface area contributed by atoms with Crippen molar-refractivity contribution in [2.75, 3.05) is 11.9 Å². The average Bonchev–Trinajstić information content (AvgIpc) is 2.16. The van der Waals surface area contributed by atoms with E-state index in [1.165, 1.54) is 5.56 Å². The van der Waals surface area contributed by atoms with E-state index in [9.17, 15) is 0 Å². The lowest BCUT2D eigenvalue weighted by molar-refractivity contribution is 0.0475. The first-order valence-electron chi connectivity index (χ1n) is 5.55. The lowest BCUT2D eigenvalue weighted by atomic mass is 9.90. The molecule has 2 nitrogen and oxygen atoms in total. The van der Waals surface area contributed by atoms with Crippen LogP contribution in [-0.2, 0) is 0 Å². The standard InChI is InChI=1S/C13H19NO/c1-9(2)13(4)8-14-11-6-5-10(3)7-12(11)15-13/h5-7,9,14H,8H2,1-4H3. The molecule has 0 amide bonds. The molecule has 0 aliphatic carbocycles. The molecule has 1 aliphatic heterocycles. The van der Waals surface area contributed by atoms with Gasteiger partial charge in [0.15, 0.2) is 0 Å². The number of aryl methyl sites for hydroxylation is 1. The van der Waals surface area contributed by atoms with E-state index in [1.807, 2.05) is 0 Å². The Labute approximate surface area is 91.6 Å². The number of hydrogen-bond acceptors (Lipinski definition) is 2. The van der Waals surface area contributed by atoms with Gasteiger partial charge in [-0.2, -0.15) is 0 Å². The topological polar surface area (TPSA) is 21.3 Å². The molecule has 2 heteroatoms. The molecule has 2 rings (SSSR count). The van der Waals surface area contributed by atoms with Crippen molar-refractivity contribution in [3.63, 3.8) is 0 Å². The molecule has 0 fully saturated rings. The van der Waals surface area contributed by atoms with E-state index in [0.29, 0.717) is 5.92 Å². The largest absolute Gasteiger partial charge is 0.483 e. The van der Waals surface area contributed by atoms with Crippen LogP contribution in [0, 0.1) is 12.8 Å². The van der Waals surface area contributed by atoms with E-state index in [0.717, 1.165) is 18.0 Å². The fraction of sp³-hybridized carbons (Fsp3) is 0.538. The highest BCUT2D eigenvalue weighted by Crippen LogP contribution is 2.36. The van der Waals surface area contributed by atoms with Crippen molar-refractivity contribution in [2.24, 2.45) is 5.92 Å². The summed E-state index contributed by atoms with van der Waals surface area (Å²) in [6.45, 7) is 9.52. The van der Waals surface area contributed by atoms with Gasteiger partial charge in [-0.15, -0.1) is 0 Å². The summed E-state index contributed by atoms with van der Waals surface area (Å²) >= 11 is 0. The fourth-order valence-electron chi connectivity index (χ4n) is 1.74. The fourth-order valence-corrected chi connectivity index (χ4v) is 1.74. The lowest BCUT2D eigenvalue weighted by Gasteiger charge is -2.39. The summed E-state index contributed by atoms with van der Waals surface area (Å²) in [6, 6.07) is 6.29. The minimum atomic E-state index is -0.0964. The van der Waals surface area contributed by atoms with Crippen molar-refractivity contribution in [3.8, 4) is 5.75 Å². The van der Waals surface area contributed by atoms with Gasteiger partial charge >= 0.3 is 0 Å². The molecule has 0 bridgehead atoms. The Morgan fingerprint density at radius 3 is 2.80 bits per heavy atom. The molecular formula is C13H19NO. The van der Waals surface area contributed by atoms with Crippen molar-refractivity contribution in [1.82, 2.24) is 0 Å². The van der Waals surface area contributed by atoms with Crippen molar-refractivity contribution in [2.45, 2.75) is 33.3 Å². The number of anilines is 1. The second kappa shape index (κ2) is 3.44. The van der Waals surface area contributed by atoms with Gasteiger partial charge in [-0.05, 0) is 37.5 Å². The third-order valence-corrected chi connectivity index (χ3v) is 3.33. The summed E-state index contributed by atoms with van der Waals surface area (Å²) in [5, 5.41) is 3.44. The van der Waals surface area contributed by atoms with E-state index >= 15 is 0 Å². The Kier molecular flexibility index (Phi) is 2.37. The maximum absolute atomic E-state index is 6.10. The minimum absolute atomic E-state index is 0.0964. The minimum Gasteiger partial charge on any atom is -0.483 e. The molecule has 1 unspecified atom stereocenters. The third kappa shape index (κ3) is 1.81. The predicted molar refractivity (Wildman–Crippen MR) is 63.5 cm³/mol. The van der Waals surface area contributed by atoms with Crippen LogP contribution in [-0.4, -0.2) is 12.1 Å². The van der Waals surface area contributed by atoms with Crippen molar-refractivity contribution in [3.05, 3.63) is 23.8 Å². The Bertz CT molecular complexity index is 373. The highest BCUT2D eigenvalue weighted by molar-refractivity contribution is 5.59. The normalized spacial score (nSPS) is 24.3. The number of nitrogens with one attached hydrogen (secondary N) is 1. The quantitative estimate of drug-likeness (QED) is 0.760. The van der Waals surface area contributed by atoms with Gasteiger partial charge in [0.25, 0.3) is 0 Å². The number of rotatable bonds is 1. The Hall–Kier alpha value is -1.18. The van der Waals surface area contributed by atoms with Crippen LogP contribution >= 0.6 is 0 Å². The number of ether oxygens (including phenoxy) is 1. The first-order valence-corrected chi connectivity index (χ1v) is 5.55. The van der Waals surface area contributed by atoms with Gasteiger partial charge in [-0.25, -0.2) is 0 Å². The molecular weight excluding hydrogens is 186 g/mol. The molecule has 1 heterocycles. The number of hydrogen-bond donors (Lipinski definition) is 1. The summed E-state index contributed by atoms with van der Waals surface area (Å²) in [6.07, 6.45) is 0. The predicted octanol–water partition coefficient (Wildman–Crippen LogP) is 3.21. The molecule has 0 saturated carbocycles. The molecule has 1 aromatic rings. The molecule has 82 valence electrons. The highest BCUT2D eigenvalue weighted by atomic mass is 16.5. The zero-order chi connectivity index (χ0) is 11.1.